The fraction of sp³-hybridized carbons (Fsp3) is 0.450. The van der Waals surface area contributed by atoms with E-state index in [9.17, 15) is 24.0 Å². The molecule has 0 unspecified atom stereocenters. The van der Waals surface area contributed by atoms with Crippen LogP contribution in [0, 0.1) is 11.8 Å². The summed E-state index contributed by atoms with van der Waals surface area (Å²) >= 11 is 7.01. The Bertz CT molecular complexity index is 877. The first-order valence-electron chi connectivity index (χ1n) is 9.37. The first-order valence-corrected chi connectivity index (χ1v) is 11.2. The number of anilines is 1. The standard InChI is InChI=1S/C20H20Br2N2O6/c1-10(25)11-3-2-4-12(5-11)23-17(26)9-30-18(27)8-24-19(28)13-6-15(21)16(22)7-14(13)20(24)29/h2-5,13-16H,6-9H2,1H3,(H,23,26)/t13-,14-,15-,16+/m1/s1. The Labute approximate surface area is 189 Å². The van der Waals surface area contributed by atoms with Gasteiger partial charge in [-0.3, -0.25) is 28.9 Å². The third-order valence-corrected chi connectivity index (χ3v) is 7.94. The van der Waals surface area contributed by atoms with E-state index in [0.717, 1.165) is 4.90 Å². The molecule has 1 saturated carbocycles. The van der Waals surface area contributed by atoms with Gasteiger partial charge in [0.05, 0.1) is 11.8 Å². The van der Waals surface area contributed by atoms with E-state index >= 15 is 0 Å². The number of carbonyl (C=O) groups excluding carboxylic acids is 5. The van der Waals surface area contributed by atoms with Crippen molar-refractivity contribution in [1.29, 1.82) is 0 Å². The fourth-order valence-corrected chi connectivity index (χ4v) is 4.89. The largest absolute Gasteiger partial charge is 0.454 e. The Morgan fingerprint density at radius 3 is 2.27 bits per heavy atom. The molecule has 1 heterocycles. The highest BCUT2D eigenvalue weighted by Crippen LogP contribution is 2.43. The number of Topliss-reactive ketones (excluding diaryl/α,β-unsaturated/α-hetero) is 1. The molecular formula is C20H20Br2N2O6. The number of nitrogens with one attached hydrogen (secondary N) is 1. The summed E-state index contributed by atoms with van der Waals surface area (Å²) in [4.78, 5) is 61.7. The molecule has 1 aliphatic heterocycles. The average molecular weight is 544 g/mol. The topological polar surface area (TPSA) is 110 Å². The van der Waals surface area contributed by atoms with Gasteiger partial charge in [0.15, 0.2) is 12.4 Å². The van der Waals surface area contributed by atoms with Crippen LogP contribution in [0.5, 0.6) is 0 Å². The highest BCUT2D eigenvalue weighted by molar-refractivity contribution is 9.12. The molecule has 0 aromatic heterocycles. The first-order chi connectivity index (χ1) is 14.2. The highest BCUT2D eigenvalue weighted by atomic mass is 79.9. The van der Waals surface area contributed by atoms with Gasteiger partial charge in [-0.15, -0.1) is 0 Å². The van der Waals surface area contributed by atoms with E-state index in [0.29, 0.717) is 24.1 Å². The van der Waals surface area contributed by atoms with Crippen molar-refractivity contribution in [3.8, 4) is 0 Å². The molecule has 8 nitrogen and oxygen atoms in total. The van der Waals surface area contributed by atoms with Crippen molar-refractivity contribution < 1.29 is 28.7 Å². The molecule has 2 fully saturated rings. The lowest BCUT2D eigenvalue weighted by Gasteiger charge is -2.29. The number of hydrogen-bond acceptors (Lipinski definition) is 6. The number of rotatable bonds is 6. The number of carbonyl (C=O) groups is 5. The van der Waals surface area contributed by atoms with Crippen molar-refractivity contribution in [2.75, 3.05) is 18.5 Å². The molecule has 1 saturated heterocycles. The molecule has 1 aromatic rings. The second-order valence-corrected chi connectivity index (χ2v) is 9.68. The molecule has 3 rings (SSSR count). The van der Waals surface area contributed by atoms with Gasteiger partial charge < -0.3 is 10.1 Å². The number of ketones is 1. The maximum Gasteiger partial charge on any atom is 0.326 e. The SMILES string of the molecule is CC(=O)c1cccc(NC(=O)COC(=O)CN2C(=O)[C@@H]3C[C@@H](Br)[C@@H](Br)C[C@H]3C2=O)c1. The molecular weight excluding hydrogens is 524 g/mol. The molecule has 160 valence electrons. The van der Waals surface area contributed by atoms with Crippen molar-refractivity contribution >= 4 is 67.0 Å². The molecule has 1 aromatic carbocycles. The molecule has 2 aliphatic rings. The molecule has 0 radical (unpaired) electrons. The van der Waals surface area contributed by atoms with Crippen LogP contribution in [0.2, 0.25) is 0 Å². The molecule has 30 heavy (non-hydrogen) atoms. The number of nitrogens with zero attached hydrogens (tertiary/aromatic N) is 1. The van der Waals surface area contributed by atoms with E-state index in [4.69, 9.17) is 4.74 Å². The van der Waals surface area contributed by atoms with E-state index in [-0.39, 0.29) is 27.3 Å². The van der Waals surface area contributed by atoms with Crippen LogP contribution in [0.15, 0.2) is 24.3 Å². The molecule has 1 aliphatic carbocycles. The number of esters is 1. The number of ether oxygens (including phenoxy) is 1. The van der Waals surface area contributed by atoms with Gasteiger partial charge in [0.25, 0.3) is 5.91 Å². The van der Waals surface area contributed by atoms with Crippen LogP contribution < -0.4 is 5.32 Å². The van der Waals surface area contributed by atoms with Gasteiger partial charge in [-0.2, -0.15) is 0 Å². The Morgan fingerprint density at radius 2 is 1.70 bits per heavy atom. The summed E-state index contributed by atoms with van der Waals surface area (Å²) in [5, 5.41) is 2.53. The lowest BCUT2D eigenvalue weighted by atomic mass is 9.81. The van der Waals surface area contributed by atoms with Crippen LogP contribution in [-0.2, 0) is 23.9 Å². The van der Waals surface area contributed by atoms with E-state index < -0.39 is 36.9 Å². The minimum Gasteiger partial charge on any atom is -0.454 e. The van der Waals surface area contributed by atoms with Crippen LogP contribution in [0.1, 0.15) is 30.1 Å². The normalized spacial score (nSPS) is 25.6. The number of imide groups is 1. The van der Waals surface area contributed by atoms with E-state index in [1.165, 1.54) is 13.0 Å². The predicted molar refractivity (Wildman–Crippen MR) is 114 cm³/mol. The van der Waals surface area contributed by atoms with Crippen molar-refractivity contribution in [3.05, 3.63) is 29.8 Å². The quantitative estimate of drug-likeness (QED) is 0.255. The van der Waals surface area contributed by atoms with Crippen molar-refractivity contribution in [2.24, 2.45) is 11.8 Å². The Morgan fingerprint density at radius 1 is 1.10 bits per heavy atom. The van der Waals surface area contributed by atoms with Gasteiger partial charge in [-0.05, 0) is 31.9 Å². The molecule has 10 heteroatoms. The lowest BCUT2D eigenvalue weighted by molar-refractivity contribution is -0.154. The van der Waals surface area contributed by atoms with Crippen LogP contribution in [0.4, 0.5) is 5.69 Å². The monoisotopic (exact) mass is 542 g/mol. The van der Waals surface area contributed by atoms with E-state index in [1.54, 1.807) is 18.2 Å². The number of benzene rings is 1. The molecule has 0 bridgehead atoms. The minimum atomic E-state index is -0.839. The third-order valence-electron chi connectivity index (χ3n) is 5.21. The van der Waals surface area contributed by atoms with Crippen LogP contribution in [-0.4, -0.2) is 57.2 Å². The van der Waals surface area contributed by atoms with Crippen LogP contribution >= 0.6 is 31.9 Å². The second kappa shape index (κ2) is 9.38. The number of amides is 3. The van der Waals surface area contributed by atoms with E-state index in [2.05, 4.69) is 37.2 Å². The maximum atomic E-state index is 12.6. The Hall–Kier alpha value is -2.07. The van der Waals surface area contributed by atoms with Crippen molar-refractivity contribution in [1.82, 2.24) is 4.90 Å². The lowest BCUT2D eigenvalue weighted by Crippen LogP contribution is -2.37. The van der Waals surface area contributed by atoms with Gasteiger partial charge in [0, 0.05) is 20.9 Å². The number of halogens is 2. The van der Waals surface area contributed by atoms with Gasteiger partial charge in [0.1, 0.15) is 6.54 Å². The zero-order chi connectivity index (χ0) is 22.0. The maximum absolute atomic E-state index is 12.6. The third kappa shape index (κ3) is 4.97. The highest BCUT2D eigenvalue weighted by Gasteiger charge is 2.52. The summed E-state index contributed by atoms with van der Waals surface area (Å²) in [7, 11) is 0. The average Bonchev–Trinajstić information content (AvgIpc) is 2.91. The fourth-order valence-electron chi connectivity index (χ4n) is 3.65. The number of likely N-dealkylation sites (tertiary alicyclic amines) is 1. The summed E-state index contributed by atoms with van der Waals surface area (Å²) in [6, 6.07) is 6.36. The van der Waals surface area contributed by atoms with Crippen molar-refractivity contribution in [2.45, 2.75) is 29.4 Å². The number of hydrogen-bond donors (Lipinski definition) is 1. The van der Waals surface area contributed by atoms with E-state index in [1.807, 2.05) is 0 Å². The van der Waals surface area contributed by atoms with Crippen LogP contribution in [0.3, 0.4) is 0 Å². The summed E-state index contributed by atoms with van der Waals surface area (Å²) in [6.45, 7) is 0.326. The smallest absolute Gasteiger partial charge is 0.326 e. The molecule has 4 atom stereocenters. The van der Waals surface area contributed by atoms with Gasteiger partial charge >= 0.3 is 5.97 Å². The molecule has 3 amide bonds. The predicted octanol–water partition coefficient (Wildman–Crippen LogP) is 2.29. The zero-order valence-electron chi connectivity index (χ0n) is 16.1. The van der Waals surface area contributed by atoms with Crippen LogP contribution in [0.25, 0.3) is 0 Å². The zero-order valence-corrected chi connectivity index (χ0v) is 19.3. The summed E-state index contributed by atoms with van der Waals surface area (Å²) < 4.78 is 4.93. The van der Waals surface area contributed by atoms with Gasteiger partial charge in [-0.25, -0.2) is 0 Å². The summed E-state index contributed by atoms with van der Waals surface area (Å²) in [5.74, 6) is -3.22. The second-order valence-electron chi connectivity index (χ2n) is 7.32. The Kier molecular flexibility index (Phi) is 7.07. The number of fused-ring (bicyclic) bond motifs is 1. The minimum absolute atomic E-state index is 0.0765. The summed E-state index contributed by atoms with van der Waals surface area (Å²) in [6.07, 6.45) is 1.02. The van der Waals surface area contributed by atoms with Gasteiger partial charge in [-0.1, -0.05) is 44.0 Å². The molecule has 1 N–H and O–H groups in total. The summed E-state index contributed by atoms with van der Waals surface area (Å²) in [5.41, 5.74) is 0.833. The Balaban J connectivity index is 1.51. The number of alkyl halides is 2. The molecule has 0 spiro atoms. The first kappa shape index (κ1) is 22.6. The van der Waals surface area contributed by atoms with Crippen molar-refractivity contribution in [3.63, 3.8) is 0 Å². The van der Waals surface area contributed by atoms with Gasteiger partial charge in [0.2, 0.25) is 11.8 Å².